The van der Waals surface area contributed by atoms with Gasteiger partial charge in [-0.25, -0.2) is 23.1 Å². The lowest BCUT2D eigenvalue weighted by atomic mass is 9.59. The molecule has 2 aliphatic heterocycles. The summed E-state index contributed by atoms with van der Waals surface area (Å²) in [6.07, 6.45) is 7.69. The van der Waals surface area contributed by atoms with Crippen LogP contribution in [0.15, 0.2) is 78.0 Å². The van der Waals surface area contributed by atoms with E-state index in [9.17, 15) is 36.5 Å². The van der Waals surface area contributed by atoms with Crippen molar-refractivity contribution in [2.45, 2.75) is 100 Å². The summed E-state index contributed by atoms with van der Waals surface area (Å²) >= 11 is 0. The molecule has 0 bridgehead atoms. The van der Waals surface area contributed by atoms with Gasteiger partial charge in [0.25, 0.3) is 15.9 Å². The molecule has 5 heterocycles. The number of morpholine rings is 1. The summed E-state index contributed by atoms with van der Waals surface area (Å²) in [6, 6.07) is 17.9. The summed E-state index contributed by atoms with van der Waals surface area (Å²) in [6.45, 7) is 5.98. The molecule has 1 amide bonds. The first-order valence-electron chi connectivity index (χ1n) is 23.6. The molecular weight excluding hydrogens is 902 g/mol. The van der Waals surface area contributed by atoms with Gasteiger partial charge in [0.1, 0.15) is 22.0 Å². The number of halogens is 3. The number of fused-ring (bicyclic) bond motifs is 1. The topological polar surface area (TPSA) is 185 Å². The fraction of sp³-hybridized carbons (Fsp3) is 0.490. The number of hydrogen-bond donors (Lipinski definition) is 3. The number of H-pyrrole nitrogens is 1. The van der Waals surface area contributed by atoms with Crippen molar-refractivity contribution in [2.75, 3.05) is 49.6 Å². The average molecular weight is 957 g/mol. The number of carbonyl (C=O) groups is 1. The Morgan fingerprint density at radius 2 is 1.75 bits per heavy atom. The van der Waals surface area contributed by atoms with Gasteiger partial charge in [0, 0.05) is 61.6 Å². The summed E-state index contributed by atoms with van der Waals surface area (Å²) in [7, 11) is -5.43. The Morgan fingerprint density at radius 1 is 1.00 bits per heavy atom. The molecule has 5 fully saturated rings. The van der Waals surface area contributed by atoms with Crippen LogP contribution in [0, 0.1) is 27.4 Å². The molecule has 3 aromatic heterocycles. The summed E-state index contributed by atoms with van der Waals surface area (Å²) in [5, 5.41) is 15.6. The van der Waals surface area contributed by atoms with E-state index >= 15 is 0 Å². The Hall–Kier alpha value is -5.79. The maximum absolute atomic E-state index is 14.6. The van der Waals surface area contributed by atoms with Crippen LogP contribution in [-0.2, 0) is 20.9 Å². The molecule has 19 heteroatoms. The molecule has 2 saturated heterocycles. The molecule has 0 unspecified atom stereocenters. The Kier molecular flexibility index (Phi) is 12.3. The number of nitrogens with one attached hydrogen (secondary N) is 3. The molecule has 3 aliphatic carbocycles. The highest BCUT2D eigenvalue weighted by Gasteiger charge is 2.50. The van der Waals surface area contributed by atoms with E-state index in [4.69, 9.17) is 9.47 Å². The summed E-state index contributed by atoms with van der Waals surface area (Å²) in [5.41, 5.74) is 1.15. The van der Waals surface area contributed by atoms with E-state index in [1.807, 2.05) is 0 Å². The van der Waals surface area contributed by atoms with E-state index in [-0.39, 0.29) is 41.0 Å². The van der Waals surface area contributed by atoms with E-state index in [0.29, 0.717) is 47.3 Å². The van der Waals surface area contributed by atoms with Crippen molar-refractivity contribution < 1.29 is 40.8 Å². The second-order valence-corrected chi connectivity index (χ2v) is 21.2. The van der Waals surface area contributed by atoms with Crippen molar-refractivity contribution >= 4 is 44.2 Å². The lowest BCUT2D eigenvalue weighted by Gasteiger charge is -2.57. The molecule has 3 saturated carbocycles. The van der Waals surface area contributed by atoms with Crippen LogP contribution in [0.5, 0.6) is 11.5 Å². The number of amides is 1. The standard InChI is InChI=1S/C49H55F3N8O7S/c1-30-6-8-31(9-7-30)27-54-46-40(60(62)63)24-43(44(56-46)49(50,51)52)68(64,65)57-47(61)39-13-12-34(23-42(39)67-36-22-33-14-17-53-45(33)55-28-36)58-18-15-48(16-19-58)25-35(26-48)59-20-21-66-29-41(59)38-5-3-2-4-37(38)32-10-11-32/h2-5,12-14,17,22-24,28,30-32,35,41H,6-11,15-16,18-21,25-27,29H2,1H3,(H,53,55)(H,54,56)(H,57,61)/t30?,31?,41-/m0/s1. The van der Waals surface area contributed by atoms with Gasteiger partial charge >= 0.3 is 11.9 Å². The van der Waals surface area contributed by atoms with Crippen molar-refractivity contribution in [3.63, 3.8) is 0 Å². The maximum Gasteiger partial charge on any atom is 0.434 e. The molecule has 1 atom stereocenters. The number of alkyl halides is 3. The maximum atomic E-state index is 14.6. The highest BCUT2D eigenvalue weighted by atomic mass is 32.2. The minimum atomic E-state index is -5.43. The van der Waals surface area contributed by atoms with Crippen LogP contribution >= 0.6 is 0 Å². The van der Waals surface area contributed by atoms with Gasteiger partial charge in [0.15, 0.2) is 5.69 Å². The summed E-state index contributed by atoms with van der Waals surface area (Å²) in [5.74, 6) is -0.679. The van der Waals surface area contributed by atoms with Crippen molar-refractivity contribution in [2.24, 2.45) is 17.3 Å². The molecule has 5 aliphatic rings. The third kappa shape index (κ3) is 9.48. The van der Waals surface area contributed by atoms with Gasteiger partial charge in [-0.3, -0.25) is 19.8 Å². The molecule has 15 nitrogen and oxygen atoms in total. The van der Waals surface area contributed by atoms with E-state index in [2.05, 4.69) is 61.3 Å². The number of benzene rings is 2. The molecular formula is C49H55F3N8O7S. The summed E-state index contributed by atoms with van der Waals surface area (Å²) in [4.78, 5) is 39.4. The number of ether oxygens (including phenoxy) is 2. The van der Waals surface area contributed by atoms with Gasteiger partial charge in [-0.15, -0.1) is 0 Å². The average Bonchev–Trinajstić information content (AvgIpc) is 4.06. The van der Waals surface area contributed by atoms with E-state index < -0.39 is 49.1 Å². The van der Waals surface area contributed by atoms with E-state index in [1.54, 1.807) is 35.2 Å². The van der Waals surface area contributed by atoms with Gasteiger partial charge in [0.2, 0.25) is 5.82 Å². The number of sulfonamides is 1. The third-order valence-electron chi connectivity index (χ3n) is 15.0. The molecule has 360 valence electrons. The molecule has 1 spiro atoms. The SMILES string of the molecule is CC1CCC(CNc2nc(C(F)(F)F)c(S(=O)(=O)NC(=O)c3ccc(N4CCC5(CC4)CC(N4CCOC[C@H]4c4ccccc4C4CC4)C5)cc3Oc3cnc4[nH]ccc4c3)cc2[N+](=O)[O-])CC1. The van der Waals surface area contributed by atoms with Crippen LogP contribution in [0.1, 0.15) is 110 Å². The Bertz CT molecular complexity index is 2810. The second-order valence-electron chi connectivity index (χ2n) is 19.5. The molecule has 0 radical (unpaired) electrons. The fourth-order valence-corrected chi connectivity index (χ4v) is 12.1. The number of aromatic amines is 1. The van der Waals surface area contributed by atoms with E-state index in [0.717, 1.165) is 77.6 Å². The predicted octanol–water partition coefficient (Wildman–Crippen LogP) is 9.73. The molecule has 2 aromatic carbocycles. The highest BCUT2D eigenvalue weighted by molar-refractivity contribution is 7.90. The number of anilines is 2. The zero-order chi connectivity index (χ0) is 47.4. The second kappa shape index (κ2) is 18.3. The number of rotatable bonds is 13. The largest absolute Gasteiger partial charge is 0.455 e. The molecule has 3 N–H and O–H groups in total. The number of carbonyl (C=O) groups excluding carboxylic acids is 1. The zero-order valence-corrected chi connectivity index (χ0v) is 38.6. The predicted molar refractivity (Wildman–Crippen MR) is 248 cm³/mol. The number of piperidine rings is 1. The first-order valence-corrected chi connectivity index (χ1v) is 25.1. The lowest BCUT2D eigenvalue weighted by molar-refractivity contribution is -0.384. The Balaban J connectivity index is 0.875. The quantitative estimate of drug-likeness (QED) is 0.0751. The first-order chi connectivity index (χ1) is 32.6. The van der Waals surface area contributed by atoms with Crippen molar-refractivity contribution in [3.05, 3.63) is 106 Å². The number of nitro groups is 1. The van der Waals surface area contributed by atoms with Crippen LogP contribution in [0.3, 0.4) is 0 Å². The highest BCUT2D eigenvalue weighted by Crippen LogP contribution is 2.54. The number of pyridine rings is 2. The Labute approximate surface area is 392 Å². The van der Waals surface area contributed by atoms with Crippen LogP contribution in [0.4, 0.5) is 30.4 Å². The smallest absolute Gasteiger partial charge is 0.434 e. The van der Waals surface area contributed by atoms with Crippen molar-refractivity contribution in [1.82, 2.24) is 24.6 Å². The van der Waals surface area contributed by atoms with Crippen LogP contribution in [0.25, 0.3) is 11.0 Å². The number of nitrogens with zero attached hydrogens (tertiary/aromatic N) is 5. The third-order valence-corrected chi connectivity index (χ3v) is 16.3. The minimum absolute atomic E-state index is 0.0460. The van der Waals surface area contributed by atoms with Crippen LogP contribution in [0.2, 0.25) is 0 Å². The number of aromatic nitrogens is 3. The lowest BCUT2D eigenvalue weighted by Crippen LogP contribution is -2.58. The van der Waals surface area contributed by atoms with Gasteiger partial charge in [-0.2, -0.15) is 13.2 Å². The molecule has 5 aromatic rings. The van der Waals surface area contributed by atoms with Crippen molar-refractivity contribution in [1.29, 1.82) is 0 Å². The normalized spacial score (nSPS) is 22.5. The van der Waals surface area contributed by atoms with E-state index in [1.165, 1.54) is 36.2 Å². The van der Waals surface area contributed by atoms with Gasteiger partial charge in [0.05, 0.1) is 35.9 Å². The molecule has 68 heavy (non-hydrogen) atoms. The van der Waals surface area contributed by atoms with Crippen LogP contribution < -0.4 is 19.7 Å². The monoisotopic (exact) mass is 956 g/mol. The zero-order valence-electron chi connectivity index (χ0n) is 37.8. The molecule has 10 rings (SSSR count). The Morgan fingerprint density at radius 3 is 2.47 bits per heavy atom. The minimum Gasteiger partial charge on any atom is -0.455 e. The number of hydrogen-bond acceptors (Lipinski definition) is 12. The van der Waals surface area contributed by atoms with Gasteiger partial charge in [-0.1, -0.05) is 44.0 Å². The summed E-state index contributed by atoms with van der Waals surface area (Å²) < 4.78 is 85.6. The van der Waals surface area contributed by atoms with Gasteiger partial charge < -0.3 is 24.7 Å². The van der Waals surface area contributed by atoms with Crippen LogP contribution in [-0.4, -0.2) is 84.5 Å². The van der Waals surface area contributed by atoms with Crippen molar-refractivity contribution in [3.8, 4) is 11.5 Å². The first kappa shape index (κ1) is 46.0. The van der Waals surface area contributed by atoms with Gasteiger partial charge in [-0.05, 0) is 110 Å². The fourth-order valence-electron chi connectivity index (χ4n) is 11.0.